The van der Waals surface area contributed by atoms with Crippen molar-refractivity contribution in [1.29, 1.82) is 0 Å². The number of hydrogen-bond donors (Lipinski definition) is 2. The average Bonchev–Trinajstić information content (AvgIpc) is 3.03. The van der Waals surface area contributed by atoms with Crippen LogP contribution in [0.2, 0.25) is 0 Å². The first-order valence-electron chi connectivity index (χ1n) is 12.8. The van der Waals surface area contributed by atoms with Crippen LogP contribution < -0.4 is 0 Å². The molecule has 45 heavy (non-hydrogen) atoms. The predicted molar refractivity (Wildman–Crippen MR) is 150 cm³/mol. The van der Waals surface area contributed by atoms with E-state index >= 15 is 8.78 Å². The summed E-state index contributed by atoms with van der Waals surface area (Å²) in [6.45, 7) is 0. The molecule has 0 aromatic heterocycles. The summed E-state index contributed by atoms with van der Waals surface area (Å²) in [6.07, 6.45) is -0.750. The topological polar surface area (TPSA) is 110 Å². The van der Waals surface area contributed by atoms with E-state index in [0.717, 1.165) is 12.1 Å². The molecule has 7 nitrogen and oxygen atoms in total. The second-order valence-electron chi connectivity index (χ2n) is 9.89. The average molecular weight is 670 g/mol. The molecule has 2 unspecified atom stereocenters. The molecule has 0 saturated heterocycles. The van der Waals surface area contributed by atoms with E-state index in [1.165, 1.54) is 12.1 Å². The maximum absolute atomic E-state index is 15.1. The third-order valence-electron chi connectivity index (χ3n) is 7.13. The van der Waals surface area contributed by atoms with Crippen molar-refractivity contribution >= 4 is 21.8 Å². The Balaban J connectivity index is 1.89. The van der Waals surface area contributed by atoms with Crippen LogP contribution in [0.5, 0.6) is 0 Å². The lowest BCUT2D eigenvalue weighted by molar-refractivity contribution is -0.142. The monoisotopic (exact) mass is 670 g/mol. The number of halogens is 6. The van der Waals surface area contributed by atoms with Gasteiger partial charge in [0.05, 0.1) is 5.41 Å². The fourth-order valence-electron chi connectivity index (χ4n) is 5.00. The summed E-state index contributed by atoms with van der Waals surface area (Å²) in [5, 5.41) is 16.9. The molecule has 0 bridgehead atoms. The van der Waals surface area contributed by atoms with E-state index in [1.807, 2.05) is 0 Å². The molecule has 0 saturated carbocycles. The highest BCUT2D eigenvalue weighted by Gasteiger charge is 2.59. The Morgan fingerprint density at radius 3 is 1.42 bits per heavy atom. The van der Waals surface area contributed by atoms with E-state index in [1.54, 1.807) is 48.5 Å². The first kappa shape index (κ1) is 34.1. The van der Waals surface area contributed by atoms with E-state index < -0.39 is 61.3 Å². The van der Waals surface area contributed by atoms with E-state index in [-0.39, 0.29) is 29.5 Å². The van der Waals surface area contributed by atoms with Crippen molar-refractivity contribution in [2.24, 2.45) is 0 Å². The summed E-state index contributed by atoms with van der Waals surface area (Å²) in [7, 11) is -8.06. The Bertz CT molecular complexity index is 1640. The fourth-order valence-corrected chi connectivity index (χ4v) is 5.96. The number of carbonyl (C=O) groups is 1. The van der Waals surface area contributed by atoms with E-state index in [9.17, 15) is 31.5 Å². The van der Waals surface area contributed by atoms with Gasteiger partial charge in [-0.05, 0) is 62.9 Å². The van der Waals surface area contributed by atoms with Gasteiger partial charge in [0.25, 0.3) is 0 Å². The van der Waals surface area contributed by atoms with E-state index in [4.69, 9.17) is 10.5 Å². The third-order valence-corrected chi connectivity index (χ3v) is 8.83. The summed E-state index contributed by atoms with van der Waals surface area (Å²) in [4.78, 5) is 14.4. The minimum absolute atomic E-state index is 0.000967. The summed E-state index contributed by atoms with van der Waals surface area (Å²) in [6, 6.07) is 20.5. The first-order valence-corrected chi connectivity index (χ1v) is 15.2. The van der Waals surface area contributed by atoms with Crippen molar-refractivity contribution in [3.05, 3.63) is 142 Å². The second-order valence-corrected chi connectivity index (χ2v) is 12.4. The normalized spacial score (nSPS) is 14.0. The summed E-state index contributed by atoms with van der Waals surface area (Å²) >= 11 is 0. The van der Waals surface area contributed by atoms with Crippen molar-refractivity contribution < 1.29 is 60.1 Å². The van der Waals surface area contributed by atoms with Gasteiger partial charge in [-0.3, -0.25) is 4.79 Å². The van der Waals surface area contributed by atoms with E-state index in [2.05, 4.69) is 9.35 Å². The molecule has 234 valence electrons. The standard InChI is InChI=1S/C30H20F6O7P2/c31-25-15-19(11-13-23(25)29(33,34)44(40)42-38)17-28(22-9-5-2-6-10-22,27(37)21-7-3-1-4-8-21)18-20-12-14-24(26(32)16-20)30(35,36)45(41)43-39/h1-16H,17-18H2/p+2. The number of alkyl halides is 4. The van der Waals surface area contributed by atoms with Gasteiger partial charge in [-0.25, -0.2) is 19.3 Å². The van der Waals surface area contributed by atoms with Crippen LogP contribution in [0.4, 0.5) is 26.3 Å². The molecule has 0 amide bonds. The highest BCUT2D eigenvalue weighted by molar-refractivity contribution is 7.40. The predicted octanol–water partition coefficient (Wildman–Crippen LogP) is 9.13. The molecule has 15 heteroatoms. The Labute approximate surface area is 253 Å². The number of hydrogen-bond acceptors (Lipinski definition) is 7. The Morgan fingerprint density at radius 2 is 1.04 bits per heavy atom. The first-order chi connectivity index (χ1) is 21.3. The molecule has 4 aromatic rings. The molecule has 0 fully saturated rings. The number of benzene rings is 4. The summed E-state index contributed by atoms with van der Waals surface area (Å²) in [5.41, 5.74) is -12.7. The largest absolute Gasteiger partial charge is 0.622 e. The van der Waals surface area contributed by atoms with Crippen molar-refractivity contribution in [3.63, 3.8) is 0 Å². The van der Waals surface area contributed by atoms with Crippen molar-refractivity contribution in [3.8, 4) is 0 Å². The summed E-state index contributed by atoms with van der Waals surface area (Å²) in [5.74, 6) is -3.61. The quantitative estimate of drug-likeness (QED) is 0.0480. The van der Waals surface area contributed by atoms with Gasteiger partial charge in [0, 0.05) is 14.9 Å². The zero-order valence-corrected chi connectivity index (χ0v) is 24.5. The molecule has 0 heterocycles. The molecular weight excluding hydrogens is 648 g/mol. The van der Waals surface area contributed by atoms with Gasteiger partial charge in [0.15, 0.2) is 5.78 Å². The molecule has 4 aromatic carbocycles. The highest BCUT2D eigenvalue weighted by Crippen LogP contribution is 2.52. The maximum atomic E-state index is 15.1. The minimum Gasteiger partial charge on any atom is -0.293 e. The second kappa shape index (κ2) is 13.7. The fraction of sp³-hybridized carbons (Fsp3) is 0.167. The van der Waals surface area contributed by atoms with Crippen LogP contribution >= 0.6 is 16.1 Å². The molecule has 0 spiro atoms. The molecule has 2 N–H and O–H groups in total. The number of carbonyl (C=O) groups excluding carboxylic acids is 1. The SMILES string of the molecule is O=C(c1ccccc1)C(Cc1ccc(C(F)(F)[P+](=O)OO)c(F)c1)(Cc1ccc(C(F)(F)[P+](=O)OO)c(F)c1)c1ccccc1. The highest BCUT2D eigenvalue weighted by atomic mass is 31.1. The smallest absolute Gasteiger partial charge is 0.293 e. The molecule has 0 aliphatic carbocycles. The van der Waals surface area contributed by atoms with Crippen LogP contribution in [0, 0.1) is 11.6 Å². The molecule has 0 aliphatic rings. The van der Waals surface area contributed by atoms with Gasteiger partial charge in [0.2, 0.25) is 0 Å². The lowest BCUT2D eigenvalue weighted by atomic mass is 9.67. The molecule has 0 aliphatic heterocycles. The van der Waals surface area contributed by atoms with Crippen LogP contribution in [0.15, 0.2) is 97.1 Å². The maximum Gasteiger partial charge on any atom is 0.622 e. The van der Waals surface area contributed by atoms with Crippen LogP contribution in [0.1, 0.15) is 38.2 Å². The molecule has 4 rings (SSSR count). The van der Waals surface area contributed by atoms with Crippen molar-refractivity contribution in [2.75, 3.05) is 0 Å². The minimum atomic E-state index is -4.41. The van der Waals surface area contributed by atoms with Gasteiger partial charge in [-0.15, -0.1) is 17.6 Å². The third kappa shape index (κ3) is 6.89. The van der Waals surface area contributed by atoms with Gasteiger partial charge in [0.1, 0.15) is 22.8 Å². The number of Topliss-reactive ketones (excluding diaryl/α,β-unsaturated/α-hetero) is 1. The van der Waals surface area contributed by atoms with Crippen LogP contribution in [0.3, 0.4) is 0 Å². The number of ketones is 1. The Morgan fingerprint density at radius 1 is 0.644 bits per heavy atom. The molecular formula is C30H22F6O7P2+2. The van der Waals surface area contributed by atoms with Crippen LogP contribution in [-0.2, 0) is 48.1 Å². The molecule has 0 radical (unpaired) electrons. The summed E-state index contributed by atoms with van der Waals surface area (Å²) < 4.78 is 117. The van der Waals surface area contributed by atoms with Gasteiger partial charge < -0.3 is 0 Å². The van der Waals surface area contributed by atoms with Gasteiger partial charge >= 0.3 is 27.4 Å². The van der Waals surface area contributed by atoms with E-state index in [0.29, 0.717) is 29.8 Å². The van der Waals surface area contributed by atoms with Crippen LogP contribution in [-0.4, -0.2) is 16.3 Å². The van der Waals surface area contributed by atoms with Gasteiger partial charge in [-0.2, -0.15) is 0 Å². The van der Waals surface area contributed by atoms with Crippen molar-refractivity contribution in [1.82, 2.24) is 0 Å². The van der Waals surface area contributed by atoms with Crippen LogP contribution in [0.25, 0.3) is 0 Å². The lowest BCUT2D eigenvalue weighted by Crippen LogP contribution is -2.41. The Kier molecular flexibility index (Phi) is 10.3. The lowest BCUT2D eigenvalue weighted by Gasteiger charge is -2.34. The molecule has 2 atom stereocenters. The Hall–Kier alpha value is -3.83. The zero-order chi connectivity index (χ0) is 33.0. The number of rotatable bonds is 13. The van der Waals surface area contributed by atoms with Gasteiger partial charge in [-0.1, -0.05) is 72.8 Å². The zero-order valence-electron chi connectivity index (χ0n) is 22.7. The van der Waals surface area contributed by atoms with Crippen molar-refractivity contribution in [2.45, 2.75) is 29.6 Å².